The number of anilines is 1. The van der Waals surface area contributed by atoms with Gasteiger partial charge in [-0.15, -0.1) is 0 Å². The molecule has 1 radical (unpaired) electrons. The standard InChI is InChI=1S/C13H17N6/c14-9-12-13(17-4-3-16-12)19-7-5-18(6-8-19)11-1-2-15-10-11/h2-4,11,15H,1,5-8,10H2/t11-/m0/s1. The Balaban J connectivity index is 1.65. The van der Waals surface area contributed by atoms with Crippen molar-refractivity contribution in [2.24, 2.45) is 0 Å². The smallest absolute Gasteiger partial charge is 0.183 e. The quantitative estimate of drug-likeness (QED) is 0.804. The fraction of sp³-hybridized carbons (Fsp3) is 0.538. The molecule has 0 spiro atoms. The number of piperazine rings is 1. The number of nitrogens with zero attached hydrogens (tertiary/aromatic N) is 5. The van der Waals surface area contributed by atoms with Crippen LogP contribution in [0.3, 0.4) is 0 Å². The maximum absolute atomic E-state index is 9.07. The number of hydrogen-bond acceptors (Lipinski definition) is 6. The van der Waals surface area contributed by atoms with Gasteiger partial charge in [-0.2, -0.15) is 5.26 Å². The predicted octanol–water partition coefficient (Wildman–Crippen LogP) is -0.00603. The van der Waals surface area contributed by atoms with Crippen molar-refractivity contribution in [1.29, 1.82) is 5.26 Å². The molecule has 1 aromatic rings. The summed E-state index contributed by atoms with van der Waals surface area (Å²) >= 11 is 0. The third kappa shape index (κ3) is 2.53. The van der Waals surface area contributed by atoms with Crippen LogP contribution in [0.1, 0.15) is 12.1 Å². The van der Waals surface area contributed by atoms with E-state index in [4.69, 9.17) is 5.26 Å². The molecule has 99 valence electrons. The van der Waals surface area contributed by atoms with Crippen LogP contribution in [0.25, 0.3) is 0 Å². The number of hydrogen-bond donors (Lipinski definition) is 1. The van der Waals surface area contributed by atoms with Crippen molar-refractivity contribution in [2.75, 3.05) is 37.6 Å². The molecule has 6 heteroatoms. The second-order valence-electron chi connectivity index (χ2n) is 4.87. The zero-order valence-electron chi connectivity index (χ0n) is 10.8. The molecule has 1 N–H and O–H groups in total. The van der Waals surface area contributed by atoms with E-state index in [1.807, 2.05) is 0 Å². The van der Waals surface area contributed by atoms with E-state index in [0.29, 0.717) is 11.7 Å². The van der Waals surface area contributed by atoms with E-state index in [2.05, 4.69) is 37.7 Å². The Bertz CT molecular complexity index is 468. The maximum atomic E-state index is 9.07. The Morgan fingerprint density at radius 3 is 2.68 bits per heavy atom. The van der Waals surface area contributed by atoms with Crippen LogP contribution in [-0.2, 0) is 0 Å². The molecular formula is C13H17N6. The summed E-state index contributed by atoms with van der Waals surface area (Å²) in [4.78, 5) is 13.0. The average Bonchev–Trinajstić information content (AvgIpc) is 3.02. The van der Waals surface area contributed by atoms with Gasteiger partial charge in [0, 0.05) is 57.7 Å². The highest BCUT2D eigenvalue weighted by Crippen LogP contribution is 2.19. The van der Waals surface area contributed by atoms with Crippen molar-refractivity contribution < 1.29 is 0 Å². The van der Waals surface area contributed by atoms with E-state index in [9.17, 15) is 0 Å². The van der Waals surface area contributed by atoms with Crippen LogP contribution in [0.2, 0.25) is 0 Å². The first-order valence-electron chi connectivity index (χ1n) is 6.63. The van der Waals surface area contributed by atoms with E-state index in [-0.39, 0.29) is 0 Å². The molecule has 19 heavy (non-hydrogen) atoms. The van der Waals surface area contributed by atoms with Crippen LogP contribution in [-0.4, -0.2) is 53.6 Å². The van der Waals surface area contributed by atoms with Gasteiger partial charge in [0.1, 0.15) is 6.07 Å². The fourth-order valence-corrected chi connectivity index (χ4v) is 2.74. The largest absolute Gasteiger partial charge is 0.352 e. The highest BCUT2D eigenvalue weighted by Gasteiger charge is 2.27. The number of rotatable bonds is 2. The summed E-state index contributed by atoms with van der Waals surface area (Å²) in [5.74, 6) is 0.723. The Morgan fingerprint density at radius 1 is 1.21 bits per heavy atom. The van der Waals surface area contributed by atoms with Crippen molar-refractivity contribution in [3.05, 3.63) is 24.6 Å². The minimum Gasteiger partial charge on any atom is -0.352 e. The van der Waals surface area contributed by atoms with E-state index in [1.165, 1.54) is 0 Å². The SMILES string of the molecule is N#Cc1nccnc1N1CCN([C@H]2C[CH]NC2)CC1. The minimum atomic E-state index is 0.423. The van der Waals surface area contributed by atoms with Gasteiger partial charge in [-0.3, -0.25) is 4.90 Å². The molecule has 0 aliphatic carbocycles. The van der Waals surface area contributed by atoms with Gasteiger partial charge in [0.05, 0.1) is 0 Å². The van der Waals surface area contributed by atoms with E-state index >= 15 is 0 Å². The van der Waals surface area contributed by atoms with Gasteiger partial charge >= 0.3 is 0 Å². The summed E-state index contributed by atoms with van der Waals surface area (Å²) in [6, 6.07) is 2.74. The van der Waals surface area contributed by atoms with Gasteiger partial charge < -0.3 is 10.2 Å². The van der Waals surface area contributed by atoms with Crippen LogP contribution in [0, 0.1) is 17.9 Å². The lowest BCUT2D eigenvalue weighted by Gasteiger charge is -2.38. The molecule has 2 saturated heterocycles. The zero-order valence-corrected chi connectivity index (χ0v) is 10.8. The maximum Gasteiger partial charge on any atom is 0.183 e. The Kier molecular flexibility index (Phi) is 3.58. The third-order valence-electron chi connectivity index (χ3n) is 3.80. The number of nitriles is 1. The Labute approximate surface area is 113 Å². The van der Waals surface area contributed by atoms with E-state index < -0.39 is 0 Å². The van der Waals surface area contributed by atoms with Crippen molar-refractivity contribution >= 4 is 5.82 Å². The molecule has 3 heterocycles. The first kappa shape index (κ1) is 12.3. The lowest BCUT2D eigenvalue weighted by Crippen LogP contribution is -2.51. The van der Waals surface area contributed by atoms with Gasteiger partial charge in [-0.05, 0) is 6.42 Å². The van der Waals surface area contributed by atoms with Crippen LogP contribution in [0.15, 0.2) is 12.4 Å². The first-order chi connectivity index (χ1) is 9.38. The molecule has 2 aliphatic rings. The lowest BCUT2D eigenvalue weighted by molar-refractivity contribution is 0.197. The molecular weight excluding hydrogens is 240 g/mol. The molecule has 3 rings (SSSR count). The van der Waals surface area contributed by atoms with Crippen molar-refractivity contribution in [3.63, 3.8) is 0 Å². The summed E-state index contributed by atoms with van der Waals surface area (Å²) in [6.45, 7) is 7.04. The van der Waals surface area contributed by atoms with Crippen molar-refractivity contribution in [1.82, 2.24) is 20.2 Å². The second kappa shape index (κ2) is 5.51. The molecule has 0 aromatic carbocycles. The molecule has 0 amide bonds. The number of aromatic nitrogens is 2. The third-order valence-corrected chi connectivity index (χ3v) is 3.80. The molecule has 0 bridgehead atoms. The van der Waals surface area contributed by atoms with Gasteiger partial charge in [0.2, 0.25) is 0 Å². The second-order valence-corrected chi connectivity index (χ2v) is 4.87. The molecule has 0 saturated carbocycles. The average molecular weight is 257 g/mol. The molecule has 2 fully saturated rings. The monoisotopic (exact) mass is 257 g/mol. The minimum absolute atomic E-state index is 0.423. The molecule has 6 nitrogen and oxygen atoms in total. The van der Waals surface area contributed by atoms with E-state index in [1.54, 1.807) is 12.4 Å². The van der Waals surface area contributed by atoms with E-state index in [0.717, 1.165) is 45.0 Å². The predicted molar refractivity (Wildman–Crippen MR) is 71.2 cm³/mol. The molecule has 1 aromatic heterocycles. The van der Waals surface area contributed by atoms with Crippen LogP contribution < -0.4 is 10.2 Å². The van der Waals surface area contributed by atoms with Gasteiger partial charge in [-0.1, -0.05) is 0 Å². The van der Waals surface area contributed by atoms with Crippen molar-refractivity contribution in [2.45, 2.75) is 12.5 Å². The summed E-state index contributed by atoms with van der Waals surface area (Å²) in [5.41, 5.74) is 0.423. The number of nitrogens with one attached hydrogen (secondary N) is 1. The fourth-order valence-electron chi connectivity index (χ4n) is 2.74. The van der Waals surface area contributed by atoms with Crippen molar-refractivity contribution in [3.8, 4) is 6.07 Å². The summed E-state index contributed by atoms with van der Waals surface area (Å²) in [5, 5.41) is 12.4. The molecule has 1 atom stereocenters. The molecule has 2 aliphatic heterocycles. The Hall–Kier alpha value is -1.71. The summed E-state index contributed by atoms with van der Waals surface area (Å²) < 4.78 is 0. The van der Waals surface area contributed by atoms with Crippen LogP contribution in [0.5, 0.6) is 0 Å². The zero-order chi connectivity index (χ0) is 13.1. The Morgan fingerprint density at radius 2 is 2.00 bits per heavy atom. The van der Waals surface area contributed by atoms with Crippen LogP contribution >= 0.6 is 0 Å². The summed E-state index contributed by atoms with van der Waals surface area (Å²) in [7, 11) is 0. The lowest BCUT2D eigenvalue weighted by atomic mass is 10.2. The highest BCUT2D eigenvalue weighted by molar-refractivity contribution is 5.49. The van der Waals surface area contributed by atoms with Gasteiger partial charge in [0.25, 0.3) is 0 Å². The molecule has 0 unspecified atom stereocenters. The normalized spacial score (nSPS) is 24.4. The summed E-state index contributed by atoms with van der Waals surface area (Å²) in [6.07, 6.45) is 4.34. The topological polar surface area (TPSA) is 68.1 Å². The van der Waals surface area contributed by atoms with Gasteiger partial charge in [-0.25, -0.2) is 9.97 Å². The highest BCUT2D eigenvalue weighted by atomic mass is 15.3. The van der Waals surface area contributed by atoms with Gasteiger partial charge in [0.15, 0.2) is 11.5 Å². The first-order valence-corrected chi connectivity index (χ1v) is 6.63. The van der Waals surface area contributed by atoms with Crippen LogP contribution in [0.4, 0.5) is 5.82 Å².